The van der Waals surface area contributed by atoms with Crippen molar-refractivity contribution >= 4 is 5.97 Å². The Morgan fingerprint density at radius 2 is 1.70 bits per heavy atom. The molecule has 2 aromatic rings. The molecule has 124 valence electrons. The van der Waals surface area contributed by atoms with Crippen LogP contribution >= 0.6 is 0 Å². The molecular weight excluding hydrogens is 298 g/mol. The number of hydrogen-bond acceptors (Lipinski definition) is 6. The molecule has 0 spiro atoms. The average Bonchev–Trinajstić information content (AvgIpc) is 3.05. The Labute approximate surface area is 134 Å². The summed E-state index contributed by atoms with van der Waals surface area (Å²) in [6, 6.07) is 7.46. The van der Waals surface area contributed by atoms with Gasteiger partial charge in [0.1, 0.15) is 5.69 Å². The third-order valence-corrected chi connectivity index (χ3v) is 3.11. The molecule has 0 amide bonds. The lowest BCUT2D eigenvalue weighted by molar-refractivity contribution is -0.140. The number of nitrogens with one attached hydrogen (secondary N) is 1. The number of carbonyl (C=O) groups is 1. The van der Waals surface area contributed by atoms with Crippen molar-refractivity contribution in [2.75, 3.05) is 19.8 Å². The summed E-state index contributed by atoms with van der Waals surface area (Å²) in [6.07, 6.45) is -0.402. The Hall–Kier alpha value is -2.25. The van der Waals surface area contributed by atoms with Crippen molar-refractivity contribution in [3.05, 3.63) is 35.5 Å². The van der Waals surface area contributed by atoms with Crippen LogP contribution < -0.4 is 0 Å². The minimum Gasteiger partial charge on any atom is -0.461 e. The quantitative estimate of drug-likeness (QED) is 0.595. The van der Waals surface area contributed by atoms with Crippen molar-refractivity contribution in [3.8, 4) is 11.3 Å². The molecule has 0 radical (unpaired) electrons. The summed E-state index contributed by atoms with van der Waals surface area (Å²) < 4.78 is 16.1. The van der Waals surface area contributed by atoms with Gasteiger partial charge in [0.25, 0.3) is 0 Å². The molecule has 1 N–H and O–H groups in total. The highest BCUT2D eigenvalue weighted by Gasteiger charge is 2.19. The lowest BCUT2D eigenvalue weighted by Gasteiger charge is -2.17. The van der Waals surface area contributed by atoms with E-state index in [-0.39, 0.29) is 12.3 Å². The molecule has 0 aliphatic carbocycles. The highest BCUT2D eigenvalue weighted by molar-refractivity contribution is 5.93. The number of ether oxygens (including phenoxy) is 3. The maximum Gasteiger partial charge on any atom is 0.361 e. The van der Waals surface area contributed by atoms with Gasteiger partial charge in [-0.1, -0.05) is 24.3 Å². The zero-order valence-corrected chi connectivity index (χ0v) is 13.5. The van der Waals surface area contributed by atoms with Gasteiger partial charge in [0, 0.05) is 24.3 Å². The first-order valence-corrected chi connectivity index (χ1v) is 7.62. The number of esters is 1. The van der Waals surface area contributed by atoms with E-state index in [0.29, 0.717) is 18.9 Å². The molecule has 1 aromatic heterocycles. The second kappa shape index (κ2) is 8.40. The second-order valence-corrected chi connectivity index (χ2v) is 4.61. The summed E-state index contributed by atoms with van der Waals surface area (Å²) in [7, 11) is 0. The zero-order valence-electron chi connectivity index (χ0n) is 13.5. The lowest BCUT2D eigenvalue weighted by atomic mass is 10.1. The van der Waals surface area contributed by atoms with Crippen molar-refractivity contribution in [3.63, 3.8) is 0 Å². The smallest absolute Gasteiger partial charge is 0.361 e. The van der Waals surface area contributed by atoms with Gasteiger partial charge in [0.15, 0.2) is 12.0 Å². The minimum absolute atomic E-state index is 0.172. The van der Waals surface area contributed by atoms with Gasteiger partial charge >= 0.3 is 5.97 Å². The largest absolute Gasteiger partial charge is 0.461 e. The number of benzene rings is 1. The highest BCUT2D eigenvalue weighted by Crippen LogP contribution is 2.25. The van der Waals surface area contributed by atoms with E-state index >= 15 is 0 Å². The molecule has 0 saturated heterocycles. The van der Waals surface area contributed by atoms with E-state index in [2.05, 4.69) is 15.4 Å². The molecule has 0 aliphatic heterocycles. The van der Waals surface area contributed by atoms with Crippen molar-refractivity contribution in [2.45, 2.75) is 27.1 Å². The Balaban J connectivity index is 2.23. The molecule has 1 heterocycles. The summed E-state index contributed by atoms with van der Waals surface area (Å²) in [4.78, 5) is 11.9. The van der Waals surface area contributed by atoms with Crippen molar-refractivity contribution in [1.29, 1.82) is 0 Å². The standard InChI is InChI=1S/C16H21N3O4/c1-4-21-15(20)14-13(17-19-18-14)11-7-9-12(10-8-11)16(22-5-2)23-6-3/h7-10,16H,4-6H2,1-3H3,(H,17,18,19). The van der Waals surface area contributed by atoms with Crippen molar-refractivity contribution in [2.24, 2.45) is 0 Å². The fourth-order valence-corrected chi connectivity index (χ4v) is 2.12. The Morgan fingerprint density at radius 3 is 2.26 bits per heavy atom. The Kier molecular flexibility index (Phi) is 6.25. The predicted octanol–water partition coefficient (Wildman–Crippen LogP) is 2.72. The molecule has 23 heavy (non-hydrogen) atoms. The van der Waals surface area contributed by atoms with Gasteiger partial charge in [0.2, 0.25) is 0 Å². The number of hydrogen-bond donors (Lipinski definition) is 1. The molecule has 0 fully saturated rings. The zero-order chi connectivity index (χ0) is 16.7. The molecule has 7 heteroatoms. The normalized spacial score (nSPS) is 11.0. The minimum atomic E-state index is -0.498. The summed E-state index contributed by atoms with van der Waals surface area (Å²) >= 11 is 0. The van der Waals surface area contributed by atoms with Gasteiger partial charge in [-0.2, -0.15) is 10.3 Å². The lowest BCUT2D eigenvalue weighted by Crippen LogP contribution is -2.09. The third-order valence-electron chi connectivity index (χ3n) is 3.11. The van der Waals surface area contributed by atoms with Crippen LogP contribution in [0.5, 0.6) is 0 Å². The fraction of sp³-hybridized carbons (Fsp3) is 0.438. The third kappa shape index (κ3) is 4.14. The first-order valence-electron chi connectivity index (χ1n) is 7.62. The molecule has 1 aromatic carbocycles. The summed E-state index contributed by atoms with van der Waals surface area (Å²) in [5, 5.41) is 10.4. The number of aromatic nitrogens is 3. The number of nitrogens with zero attached hydrogens (tertiary/aromatic N) is 2. The van der Waals surface area contributed by atoms with E-state index < -0.39 is 12.3 Å². The van der Waals surface area contributed by atoms with Crippen LogP contribution in [0.3, 0.4) is 0 Å². The van der Waals surface area contributed by atoms with E-state index in [4.69, 9.17) is 14.2 Å². The van der Waals surface area contributed by atoms with Crippen LogP contribution in [0.15, 0.2) is 24.3 Å². The van der Waals surface area contributed by atoms with E-state index in [1.165, 1.54) is 0 Å². The maximum atomic E-state index is 11.9. The second-order valence-electron chi connectivity index (χ2n) is 4.61. The van der Waals surface area contributed by atoms with Crippen molar-refractivity contribution < 1.29 is 19.0 Å². The van der Waals surface area contributed by atoms with Crippen LogP contribution in [-0.4, -0.2) is 41.2 Å². The molecule has 0 saturated carbocycles. The number of H-pyrrole nitrogens is 1. The van der Waals surface area contributed by atoms with E-state index in [1.54, 1.807) is 6.92 Å². The van der Waals surface area contributed by atoms with Gasteiger partial charge in [-0.05, 0) is 20.8 Å². The molecule has 7 nitrogen and oxygen atoms in total. The first kappa shape index (κ1) is 17.1. The van der Waals surface area contributed by atoms with Gasteiger partial charge in [0.05, 0.1) is 6.61 Å². The van der Waals surface area contributed by atoms with E-state index in [0.717, 1.165) is 11.1 Å². The molecule has 0 atom stereocenters. The number of carbonyl (C=O) groups excluding carboxylic acids is 1. The molecule has 0 unspecified atom stereocenters. The fourth-order valence-electron chi connectivity index (χ4n) is 2.12. The van der Waals surface area contributed by atoms with E-state index in [1.807, 2.05) is 38.1 Å². The number of rotatable bonds is 8. The maximum absolute atomic E-state index is 11.9. The molecule has 0 aliphatic rings. The van der Waals surface area contributed by atoms with Crippen LogP contribution in [0.25, 0.3) is 11.3 Å². The van der Waals surface area contributed by atoms with E-state index in [9.17, 15) is 4.79 Å². The van der Waals surface area contributed by atoms with Gasteiger partial charge < -0.3 is 14.2 Å². The molecular formula is C16H21N3O4. The summed E-state index contributed by atoms with van der Waals surface area (Å²) in [5.74, 6) is -0.498. The van der Waals surface area contributed by atoms with Crippen LogP contribution in [-0.2, 0) is 14.2 Å². The molecule has 2 rings (SSSR count). The van der Waals surface area contributed by atoms with Crippen LogP contribution in [0.2, 0.25) is 0 Å². The van der Waals surface area contributed by atoms with Gasteiger partial charge in [-0.3, -0.25) is 0 Å². The summed E-state index contributed by atoms with van der Waals surface area (Å²) in [6.45, 7) is 6.98. The van der Waals surface area contributed by atoms with Crippen LogP contribution in [0.1, 0.15) is 43.1 Å². The Bertz CT molecular complexity index is 619. The van der Waals surface area contributed by atoms with Crippen LogP contribution in [0.4, 0.5) is 0 Å². The Morgan fingerprint density at radius 1 is 1.04 bits per heavy atom. The van der Waals surface area contributed by atoms with Crippen molar-refractivity contribution in [1.82, 2.24) is 15.4 Å². The van der Waals surface area contributed by atoms with Crippen LogP contribution in [0, 0.1) is 0 Å². The highest BCUT2D eigenvalue weighted by atomic mass is 16.7. The SMILES string of the molecule is CCOC(=O)c1n[nH]nc1-c1ccc(C(OCC)OCC)cc1. The van der Waals surface area contributed by atoms with Gasteiger partial charge in [-0.25, -0.2) is 4.79 Å². The van der Waals surface area contributed by atoms with Gasteiger partial charge in [-0.15, -0.1) is 5.10 Å². The summed E-state index contributed by atoms with van der Waals surface area (Å²) in [5.41, 5.74) is 2.29. The monoisotopic (exact) mass is 319 g/mol. The predicted molar refractivity (Wildman–Crippen MR) is 83.8 cm³/mol. The average molecular weight is 319 g/mol. The molecule has 0 bridgehead atoms. The topological polar surface area (TPSA) is 86.3 Å². The number of aromatic amines is 1. The first-order chi connectivity index (χ1) is 11.2.